The fourth-order valence-corrected chi connectivity index (χ4v) is 11.6. The molecule has 0 fully saturated rings. The van der Waals surface area contributed by atoms with Gasteiger partial charge in [-0.25, -0.2) is 4.98 Å². The van der Waals surface area contributed by atoms with Crippen molar-refractivity contribution in [2.75, 3.05) is 0 Å². The highest BCUT2D eigenvalue weighted by Crippen LogP contribution is 2.51. The lowest BCUT2D eigenvalue weighted by Crippen LogP contribution is -2.32. The van der Waals surface area contributed by atoms with Gasteiger partial charge in [0, 0.05) is 21.5 Å². The van der Waals surface area contributed by atoms with Crippen LogP contribution in [0.2, 0.25) is 0 Å². The van der Waals surface area contributed by atoms with Crippen LogP contribution in [0.25, 0.3) is 82.3 Å². The molecule has 1 aliphatic rings. The van der Waals surface area contributed by atoms with Gasteiger partial charge in [0.15, 0.2) is 7.14 Å². The lowest BCUT2D eigenvalue weighted by molar-refractivity contribution is 0.592. The molecule has 1 aliphatic heterocycles. The van der Waals surface area contributed by atoms with Crippen molar-refractivity contribution in [3.8, 4) is 28.2 Å². The van der Waals surface area contributed by atoms with Crippen molar-refractivity contribution in [1.82, 2.24) is 9.55 Å². The SMILES string of the molecule is O=P1(c2ccccc2)c2ccccc2-n2c(-c3c4ccccc4c(-c4ccc5ccc6ccccc6c5c4)c4ccccc34)nc3cccc1c32. The quantitative estimate of drug-likeness (QED) is 0.107. The van der Waals surface area contributed by atoms with Gasteiger partial charge in [0.2, 0.25) is 0 Å². The van der Waals surface area contributed by atoms with Gasteiger partial charge >= 0.3 is 0 Å². The van der Waals surface area contributed by atoms with Crippen LogP contribution in [0.3, 0.4) is 0 Å². The first-order valence-electron chi connectivity index (χ1n) is 17.3. The molecule has 11 rings (SSSR count). The zero-order valence-electron chi connectivity index (χ0n) is 27.5. The van der Waals surface area contributed by atoms with Crippen molar-refractivity contribution in [3.63, 3.8) is 0 Å². The fraction of sp³-hybridized carbons (Fsp3) is 0. The predicted octanol–water partition coefficient (Wildman–Crippen LogP) is 10.9. The minimum absolute atomic E-state index is 0.831. The molecule has 51 heavy (non-hydrogen) atoms. The molecule has 0 N–H and O–H groups in total. The van der Waals surface area contributed by atoms with E-state index in [9.17, 15) is 0 Å². The predicted molar refractivity (Wildman–Crippen MR) is 215 cm³/mol. The van der Waals surface area contributed by atoms with E-state index in [0.29, 0.717) is 0 Å². The van der Waals surface area contributed by atoms with Crippen LogP contribution in [0, 0.1) is 0 Å². The topological polar surface area (TPSA) is 34.9 Å². The molecule has 3 nitrogen and oxygen atoms in total. The van der Waals surface area contributed by atoms with E-state index in [2.05, 4.69) is 120 Å². The molecule has 9 aromatic carbocycles. The van der Waals surface area contributed by atoms with Crippen LogP contribution >= 0.6 is 7.14 Å². The largest absolute Gasteiger partial charge is 0.308 e. The van der Waals surface area contributed by atoms with Gasteiger partial charge in [-0.1, -0.05) is 146 Å². The minimum atomic E-state index is -3.19. The van der Waals surface area contributed by atoms with Crippen LogP contribution in [0.15, 0.2) is 176 Å². The second-order valence-corrected chi connectivity index (χ2v) is 16.1. The van der Waals surface area contributed by atoms with Gasteiger partial charge in [0.1, 0.15) is 5.82 Å². The Kier molecular flexibility index (Phi) is 5.94. The molecule has 0 bridgehead atoms. The summed E-state index contributed by atoms with van der Waals surface area (Å²) in [5.74, 6) is 0.854. The van der Waals surface area contributed by atoms with E-state index in [-0.39, 0.29) is 0 Å². The van der Waals surface area contributed by atoms with E-state index in [0.717, 1.165) is 54.8 Å². The van der Waals surface area contributed by atoms with Crippen molar-refractivity contribution in [3.05, 3.63) is 176 Å². The summed E-state index contributed by atoms with van der Waals surface area (Å²) in [4.78, 5) is 5.43. The molecule has 4 heteroatoms. The average molecular weight is 669 g/mol. The second kappa shape index (κ2) is 10.6. The summed E-state index contributed by atoms with van der Waals surface area (Å²) in [6.07, 6.45) is 0. The number of aromatic nitrogens is 2. The zero-order valence-corrected chi connectivity index (χ0v) is 28.4. The Balaban J connectivity index is 1.26. The third-order valence-electron chi connectivity index (χ3n) is 10.8. The average Bonchev–Trinajstić information content (AvgIpc) is 3.59. The molecule has 0 saturated heterocycles. The summed E-state index contributed by atoms with van der Waals surface area (Å²) in [6, 6.07) is 61.6. The lowest BCUT2D eigenvalue weighted by atomic mass is 9.87. The van der Waals surface area contributed by atoms with Gasteiger partial charge in [-0.3, -0.25) is 4.57 Å². The summed E-state index contributed by atoms with van der Waals surface area (Å²) < 4.78 is 17.8. The first-order chi connectivity index (χ1) is 25.2. The van der Waals surface area contributed by atoms with Crippen LogP contribution in [0.1, 0.15) is 0 Å². The van der Waals surface area contributed by atoms with Gasteiger partial charge in [-0.15, -0.1) is 0 Å². The molecule has 2 heterocycles. The number of imidazole rings is 1. The summed E-state index contributed by atoms with van der Waals surface area (Å²) >= 11 is 0. The van der Waals surface area contributed by atoms with E-state index < -0.39 is 7.14 Å². The monoisotopic (exact) mass is 668 g/mol. The first kappa shape index (κ1) is 28.5. The van der Waals surface area contributed by atoms with Gasteiger partial charge < -0.3 is 4.57 Å². The van der Waals surface area contributed by atoms with Crippen molar-refractivity contribution in [1.29, 1.82) is 0 Å². The molecule has 0 saturated carbocycles. The van der Waals surface area contributed by atoms with E-state index in [4.69, 9.17) is 4.98 Å². The number of benzene rings is 9. The zero-order chi connectivity index (χ0) is 33.7. The molecule has 1 aromatic heterocycles. The molecule has 0 amide bonds. The molecular formula is C47H29N2OP. The smallest absolute Gasteiger partial charge is 0.175 e. The standard InChI is InChI=1S/C47H29N2OP/c50-51(33-14-2-1-3-15-33)42-23-11-10-22-41(42)49-46-40(21-12-24-43(46)51)48-47(49)45-37-19-8-6-17-35(37)44(36-18-7-9-20-38(36)45)32-28-27-31-26-25-30-13-4-5-16-34(30)39(31)29-32/h1-29H. The van der Waals surface area contributed by atoms with Crippen molar-refractivity contribution >= 4 is 77.2 Å². The van der Waals surface area contributed by atoms with Crippen molar-refractivity contribution in [2.24, 2.45) is 0 Å². The Labute approximate surface area is 294 Å². The summed E-state index contributed by atoms with van der Waals surface area (Å²) in [5, 5.41) is 12.1. The van der Waals surface area contributed by atoms with Gasteiger partial charge in [0.25, 0.3) is 0 Å². The van der Waals surface area contributed by atoms with Crippen LogP contribution in [-0.4, -0.2) is 9.55 Å². The number of rotatable bonds is 3. The summed E-state index contributed by atoms with van der Waals surface area (Å²) in [6.45, 7) is 0. The first-order valence-corrected chi connectivity index (χ1v) is 19.0. The number of hydrogen-bond acceptors (Lipinski definition) is 2. The third-order valence-corrected chi connectivity index (χ3v) is 13.9. The molecule has 0 radical (unpaired) electrons. The van der Waals surface area contributed by atoms with Gasteiger partial charge in [-0.2, -0.15) is 0 Å². The molecule has 1 unspecified atom stereocenters. The van der Waals surface area contributed by atoms with E-state index in [1.165, 1.54) is 43.4 Å². The number of para-hydroxylation sites is 2. The number of hydrogen-bond donors (Lipinski definition) is 0. The normalized spacial score (nSPS) is 15.2. The minimum Gasteiger partial charge on any atom is -0.308 e. The Morgan fingerprint density at radius 3 is 1.76 bits per heavy atom. The molecule has 1 atom stereocenters. The summed E-state index contributed by atoms with van der Waals surface area (Å²) in [5.41, 5.74) is 6.14. The van der Waals surface area contributed by atoms with E-state index >= 15 is 4.57 Å². The lowest BCUT2D eigenvalue weighted by Gasteiger charge is -2.29. The molecular weight excluding hydrogens is 640 g/mol. The van der Waals surface area contributed by atoms with Crippen LogP contribution in [-0.2, 0) is 4.57 Å². The van der Waals surface area contributed by atoms with Gasteiger partial charge in [0.05, 0.1) is 16.7 Å². The molecule has 0 spiro atoms. The Morgan fingerprint density at radius 2 is 1.02 bits per heavy atom. The maximum atomic E-state index is 15.6. The third kappa shape index (κ3) is 3.90. The highest BCUT2D eigenvalue weighted by atomic mass is 31.2. The highest BCUT2D eigenvalue weighted by Gasteiger charge is 2.40. The Bertz CT molecular complexity index is 3070. The molecule has 0 aliphatic carbocycles. The number of nitrogens with zero attached hydrogens (tertiary/aromatic N) is 2. The van der Waals surface area contributed by atoms with Crippen molar-refractivity contribution in [2.45, 2.75) is 0 Å². The van der Waals surface area contributed by atoms with E-state index in [1.54, 1.807) is 0 Å². The fourth-order valence-electron chi connectivity index (χ4n) is 8.57. The maximum absolute atomic E-state index is 15.6. The molecule has 238 valence electrons. The van der Waals surface area contributed by atoms with Crippen molar-refractivity contribution < 1.29 is 4.57 Å². The van der Waals surface area contributed by atoms with Crippen LogP contribution in [0.4, 0.5) is 0 Å². The summed E-state index contributed by atoms with van der Waals surface area (Å²) in [7, 11) is -3.19. The maximum Gasteiger partial charge on any atom is 0.175 e. The van der Waals surface area contributed by atoms with E-state index in [1.807, 2.05) is 60.7 Å². The number of fused-ring (bicyclic) bond motifs is 7. The second-order valence-electron chi connectivity index (χ2n) is 13.4. The van der Waals surface area contributed by atoms with Crippen LogP contribution < -0.4 is 15.9 Å². The Morgan fingerprint density at radius 1 is 0.451 bits per heavy atom. The molecule has 10 aromatic rings. The van der Waals surface area contributed by atoms with Gasteiger partial charge in [-0.05, 0) is 84.5 Å². The van der Waals surface area contributed by atoms with Crippen LogP contribution in [0.5, 0.6) is 0 Å². The Hall–Kier alpha value is -6.28. The highest BCUT2D eigenvalue weighted by molar-refractivity contribution is 7.86.